The minimum absolute atomic E-state index is 0.0893. The Morgan fingerprint density at radius 1 is 1.19 bits per heavy atom. The van der Waals surface area contributed by atoms with Gasteiger partial charge in [0, 0.05) is 5.56 Å². The van der Waals surface area contributed by atoms with E-state index in [1.54, 1.807) is 19.1 Å². The fraction of sp³-hybridized carbons (Fsp3) is 0.182. The van der Waals surface area contributed by atoms with Crippen molar-refractivity contribution in [3.8, 4) is 11.8 Å². The summed E-state index contributed by atoms with van der Waals surface area (Å²) in [7, 11) is 0. The number of carbonyl (C=O) groups is 1. The monoisotopic (exact) mass is 449 g/mol. The summed E-state index contributed by atoms with van der Waals surface area (Å²) < 4.78 is 52.7. The Balaban J connectivity index is 1.66. The zero-order valence-electron chi connectivity index (χ0n) is 16.2. The number of nitrogens with one attached hydrogen (secondary N) is 1. The highest BCUT2D eigenvalue weighted by molar-refractivity contribution is 6.33. The van der Waals surface area contributed by atoms with Crippen molar-refractivity contribution in [2.45, 2.75) is 19.6 Å². The van der Waals surface area contributed by atoms with E-state index < -0.39 is 17.6 Å². The van der Waals surface area contributed by atoms with Crippen LogP contribution in [0.15, 0.2) is 48.5 Å². The summed E-state index contributed by atoms with van der Waals surface area (Å²) in [5, 5.41) is 6.92. The van der Waals surface area contributed by atoms with Gasteiger partial charge in [0.15, 0.2) is 0 Å². The summed E-state index contributed by atoms with van der Waals surface area (Å²) in [6.45, 7) is 1.78. The molecule has 3 aromatic rings. The lowest BCUT2D eigenvalue weighted by atomic mass is 10.1. The lowest BCUT2D eigenvalue weighted by molar-refractivity contribution is -0.137. The van der Waals surface area contributed by atoms with Crippen molar-refractivity contribution >= 4 is 17.5 Å². The van der Waals surface area contributed by atoms with Gasteiger partial charge in [-0.1, -0.05) is 41.6 Å². The topological polar surface area (TPSA) is 46.9 Å². The molecule has 0 aliphatic carbocycles. The van der Waals surface area contributed by atoms with Crippen LogP contribution in [0.25, 0.3) is 0 Å². The highest BCUT2D eigenvalue weighted by Crippen LogP contribution is 2.29. The van der Waals surface area contributed by atoms with Crippen LogP contribution in [0.4, 0.5) is 17.6 Å². The standard InChI is InChI=1S/C22H16ClF4N3O/c1-14-19(20(23)30(29-14)13-16-7-9-18(24)10-8-16)21(31)28-11-3-5-15-4-2-6-17(12-15)22(25,26)27/h2,4,6-10,12H,11,13H2,1H3,(H,28,31). The highest BCUT2D eigenvalue weighted by atomic mass is 35.5. The van der Waals surface area contributed by atoms with Crippen LogP contribution in [0.3, 0.4) is 0 Å². The molecule has 1 amide bonds. The third kappa shape index (κ3) is 5.64. The van der Waals surface area contributed by atoms with Crippen LogP contribution in [0.1, 0.15) is 32.7 Å². The molecule has 1 aromatic heterocycles. The van der Waals surface area contributed by atoms with Gasteiger partial charge in [0.05, 0.1) is 29.9 Å². The molecule has 0 saturated heterocycles. The molecule has 0 saturated carbocycles. The average Bonchev–Trinajstić information content (AvgIpc) is 2.99. The van der Waals surface area contributed by atoms with Crippen LogP contribution in [0.5, 0.6) is 0 Å². The molecule has 0 bridgehead atoms. The Hall–Kier alpha value is -3.31. The van der Waals surface area contributed by atoms with Crippen LogP contribution in [-0.2, 0) is 12.7 Å². The number of amides is 1. The number of aryl methyl sites for hydroxylation is 1. The number of alkyl halides is 3. The van der Waals surface area contributed by atoms with Gasteiger partial charge in [-0.25, -0.2) is 9.07 Å². The molecule has 3 rings (SSSR count). The van der Waals surface area contributed by atoms with Gasteiger partial charge in [-0.05, 0) is 42.8 Å². The van der Waals surface area contributed by atoms with E-state index in [4.69, 9.17) is 11.6 Å². The van der Waals surface area contributed by atoms with E-state index in [0.29, 0.717) is 5.69 Å². The normalized spacial score (nSPS) is 11.0. The van der Waals surface area contributed by atoms with Crippen molar-refractivity contribution in [3.05, 3.63) is 87.4 Å². The first-order chi connectivity index (χ1) is 14.6. The smallest absolute Gasteiger partial charge is 0.341 e. The Morgan fingerprint density at radius 3 is 2.58 bits per heavy atom. The van der Waals surface area contributed by atoms with Gasteiger partial charge in [-0.15, -0.1) is 0 Å². The van der Waals surface area contributed by atoms with Crippen molar-refractivity contribution in [1.82, 2.24) is 15.1 Å². The number of hydrogen-bond acceptors (Lipinski definition) is 2. The first-order valence-electron chi connectivity index (χ1n) is 9.07. The van der Waals surface area contributed by atoms with E-state index in [-0.39, 0.29) is 35.2 Å². The molecular weight excluding hydrogens is 434 g/mol. The van der Waals surface area contributed by atoms with E-state index in [1.165, 1.54) is 28.9 Å². The lowest BCUT2D eigenvalue weighted by Gasteiger charge is -2.06. The Kier molecular flexibility index (Phi) is 6.66. The molecule has 1 heterocycles. The van der Waals surface area contributed by atoms with Crippen molar-refractivity contribution in [2.24, 2.45) is 0 Å². The molecule has 31 heavy (non-hydrogen) atoms. The lowest BCUT2D eigenvalue weighted by Crippen LogP contribution is -2.24. The number of rotatable bonds is 4. The van der Waals surface area contributed by atoms with Gasteiger partial charge in [0.2, 0.25) is 0 Å². The van der Waals surface area contributed by atoms with Crippen LogP contribution in [-0.4, -0.2) is 22.2 Å². The second-order valence-electron chi connectivity index (χ2n) is 6.60. The largest absolute Gasteiger partial charge is 0.416 e. The minimum atomic E-state index is -4.45. The molecule has 0 aliphatic heterocycles. The molecule has 0 unspecified atom stereocenters. The Bertz CT molecular complexity index is 1160. The molecule has 0 radical (unpaired) electrons. The van der Waals surface area contributed by atoms with Crippen molar-refractivity contribution < 1.29 is 22.4 Å². The van der Waals surface area contributed by atoms with Gasteiger partial charge in [0.1, 0.15) is 11.0 Å². The summed E-state index contributed by atoms with van der Waals surface area (Å²) in [5.41, 5.74) is 0.717. The first kappa shape index (κ1) is 22.4. The summed E-state index contributed by atoms with van der Waals surface area (Å²) in [5.74, 6) is 4.33. The van der Waals surface area contributed by atoms with Gasteiger partial charge in [-0.2, -0.15) is 18.3 Å². The minimum Gasteiger partial charge on any atom is -0.341 e. The van der Waals surface area contributed by atoms with Gasteiger partial charge >= 0.3 is 6.18 Å². The fourth-order valence-corrected chi connectivity index (χ4v) is 3.13. The van der Waals surface area contributed by atoms with Crippen LogP contribution in [0, 0.1) is 24.6 Å². The van der Waals surface area contributed by atoms with Gasteiger partial charge in [0.25, 0.3) is 5.91 Å². The van der Waals surface area contributed by atoms with E-state index in [9.17, 15) is 22.4 Å². The van der Waals surface area contributed by atoms with E-state index >= 15 is 0 Å². The third-order valence-electron chi connectivity index (χ3n) is 4.30. The SMILES string of the molecule is Cc1nn(Cc2ccc(F)cc2)c(Cl)c1C(=O)NCC#Cc1cccc(C(F)(F)F)c1. The van der Waals surface area contributed by atoms with Crippen molar-refractivity contribution in [2.75, 3.05) is 6.54 Å². The Morgan fingerprint density at radius 2 is 1.90 bits per heavy atom. The molecule has 0 atom stereocenters. The van der Waals surface area contributed by atoms with Crippen molar-refractivity contribution in [1.29, 1.82) is 0 Å². The van der Waals surface area contributed by atoms with E-state index in [0.717, 1.165) is 17.7 Å². The Labute approximate surface area is 180 Å². The second kappa shape index (κ2) is 9.23. The number of hydrogen-bond donors (Lipinski definition) is 1. The maximum absolute atomic E-state index is 13.0. The molecule has 0 aliphatic rings. The number of halogens is 5. The third-order valence-corrected chi connectivity index (χ3v) is 4.68. The second-order valence-corrected chi connectivity index (χ2v) is 6.96. The first-order valence-corrected chi connectivity index (χ1v) is 9.44. The summed E-state index contributed by atoms with van der Waals surface area (Å²) >= 11 is 6.30. The molecule has 4 nitrogen and oxygen atoms in total. The fourth-order valence-electron chi connectivity index (χ4n) is 2.81. The maximum Gasteiger partial charge on any atom is 0.416 e. The van der Waals surface area contributed by atoms with Crippen LogP contribution in [0.2, 0.25) is 5.15 Å². The summed E-state index contributed by atoms with van der Waals surface area (Å²) in [6, 6.07) is 10.4. The summed E-state index contributed by atoms with van der Waals surface area (Å²) in [4.78, 5) is 12.5. The number of benzene rings is 2. The molecule has 2 aromatic carbocycles. The maximum atomic E-state index is 13.0. The number of nitrogens with zero attached hydrogens (tertiary/aromatic N) is 2. The average molecular weight is 450 g/mol. The molecule has 160 valence electrons. The van der Waals surface area contributed by atoms with Crippen LogP contribution < -0.4 is 5.32 Å². The molecule has 1 N–H and O–H groups in total. The zero-order chi connectivity index (χ0) is 22.6. The van der Waals surface area contributed by atoms with Crippen LogP contribution >= 0.6 is 11.6 Å². The molecular formula is C22H16ClF4N3O. The number of carbonyl (C=O) groups excluding carboxylic acids is 1. The summed E-state index contributed by atoms with van der Waals surface area (Å²) in [6.07, 6.45) is -4.45. The predicted molar refractivity (Wildman–Crippen MR) is 108 cm³/mol. The molecule has 0 spiro atoms. The van der Waals surface area contributed by atoms with E-state index in [2.05, 4.69) is 22.3 Å². The molecule has 9 heteroatoms. The number of aromatic nitrogens is 2. The van der Waals surface area contributed by atoms with E-state index in [1.807, 2.05) is 0 Å². The van der Waals surface area contributed by atoms with Crippen molar-refractivity contribution in [3.63, 3.8) is 0 Å². The predicted octanol–water partition coefficient (Wildman–Crippen LogP) is 4.83. The highest BCUT2D eigenvalue weighted by Gasteiger charge is 2.30. The quantitative estimate of drug-likeness (QED) is 0.458. The zero-order valence-corrected chi connectivity index (χ0v) is 17.0. The van der Waals surface area contributed by atoms with Gasteiger partial charge < -0.3 is 5.32 Å². The van der Waals surface area contributed by atoms with Gasteiger partial charge in [-0.3, -0.25) is 4.79 Å². The molecule has 0 fully saturated rings.